The van der Waals surface area contributed by atoms with E-state index in [9.17, 15) is 32.7 Å². The van der Waals surface area contributed by atoms with Crippen molar-refractivity contribution in [1.82, 2.24) is 5.32 Å². The molecule has 2 aliphatic heterocycles. The minimum absolute atomic E-state index is 0.158. The van der Waals surface area contributed by atoms with E-state index in [4.69, 9.17) is 11.6 Å². The highest BCUT2D eigenvalue weighted by Crippen LogP contribution is 2.54. The van der Waals surface area contributed by atoms with Crippen molar-refractivity contribution < 1.29 is 37.4 Å². The number of ether oxygens (including phenoxy) is 1. The summed E-state index contributed by atoms with van der Waals surface area (Å²) in [6.07, 6.45) is -4.96. The highest BCUT2D eigenvalue weighted by atomic mass is 35.5. The first-order valence-corrected chi connectivity index (χ1v) is 11.9. The van der Waals surface area contributed by atoms with E-state index in [0.717, 1.165) is 17.0 Å². The number of nitrogens with zero attached hydrogens (tertiary/aromatic N) is 1. The summed E-state index contributed by atoms with van der Waals surface area (Å²) in [5.41, 5.74) is -0.790. The van der Waals surface area contributed by atoms with Crippen LogP contribution in [-0.2, 0) is 19.9 Å². The molecule has 11 heteroatoms. The van der Waals surface area contributed by atoms with Crippen molar-refractivity contribution in [3.05, 3.63) is 94.5 Å². The van der Waals surface area contributed by atoms with E-state index in [-0.39, 0.29) is 16.8 Å². The van der Waals surface area contributed by atoms with Gasteiger partial charge < -0.3 is 9.84 Å². The number of aryl methyl sites for hydroxylation is 1. The first-order chi connectivity index (χ1) is 17.9. The van der Waals surface area contributed by atoms with E-state index < -0.39 is 53.3 Å². The molecule has 4 atom stereocenters. The normalized spacial score (nSPS) is 25.0. The summed E-state index contributed by atoms with van der Waals surface area (Å²) in [5, 5.41) is 13.8. The van der Waals surface area contributed by atoms with Crippen molar-refractivity contribution in [3.8, 4) is 5.75 Å². The first-order valence-electron chi connectivity index (χ1n) is 11.5. The first kappa shape index (κ1) is 25.7. The molecule has 0 spiro atoms. The van der Waals surface area contributed by atoms with Gasteiger partial charge in [-0.2, -0.15) is 0 Å². The van der Waals surface area contributed by atoms with Crippen LogP contribution in [0.1, 0.15) is 22.7 Å². The second kappa shape index (κ2) is 9.14. The molecule has 7 nitrogen and oxygen atoms in total. The molecule has 196 valence electrons. The number of carbonyl (C=O) groups is 3. The molecule has 3 aromatic carbocycles. The topological polar surface area (TPSA) is 95.9 Å². The fourth-order valence-corrected chi connectivity index (χ4v) is 5.54. The Labute approximate surface area is 219 Å². The Kier molecular flexibility index (Phi) is 6.19. The summed E-state index contributed by atoms with van der Waals surface area (Å²) in [4.78, 5) is 41.6. The molecule has 0 aliphatic carbocycles. The van der Waals surface area contributed by atoms with Crippen LogP contribution in [0.25, 0.3) is 0 Å². The summed E-state index contributed by atoms with van der Waals surface area (Å²) in [6.45, 7) is 1.75. The molecule has 2 amide bonds. The lowest BCUT2D eigenvalue weighted by Gasteiger charge is -2.31. The molecule has 2 N–H and O–H groups in total. The van der Waals surface area contributed by atoms with Gasteiger partial charge in [0.1, 0.15) is 5.75 Å². The molecule has 0 bridgehead atoms. The number of carboxylic acid groups (broad SMARTS) is 1. The summed E-state index contributed by atoms with van der Waals surface area (Å²) in [5.74, 6) is -6.07. The van der Waals surface area contributed by atoms with Gasteiger partial charge in [-0.05, 0) is 47.9 Å². The molecule has 5 rings (SSSR count). The average molecular weight is 545 g/mol. The number of carboxylic acids is 1. The summed E-state index contributed by atoms with van der Waals surface area (Å²) in [7, 11) is 0. The van der Waals surface area contributed by atoms with E-state index in [1.165, 1.54) is 36.4 Å². The third-order valence-corrected chi connectivity index (χ3v) is 7.40. The number of carbonyl (C=O) groups excluding carboxylic acids is 2. The van der Waals surface area contributed by atoms with Crippen molar-refractivity contribution in [2.24, 2.45) is 11.8 Å². The van der Waals surface area contributed by atoms with Crippen LogP contribution in [-0.4, -0.2) is 29.3 Å². The minimum atomic E-state index is -4.96. The molecule has 2 fully saturated rings. The summed E-state index contributed by atoms with van der Waals surface area (Å²) in [6, 6.07) is 16.3. The molecule has 0 saturated carbocycles. The number of rotatable bonds is 5. The number of halogens is 4. The number of benzene rings is 3. The Hall–Kier alpha value is -3.89. The Morgan fingerprint density at radius 1 is 1.03 bits per heavy atom. The summed E-state index contributed by atoms with van der Waals surface area (Å²) < 4.78 is 42.7. The predicted molar refractivity (Wildman–Crippen MR) is 130 cm³/mol. The lowest BCUT2D eigenvalue weighted by molar-refractivity contribution is -0.274. The number of anilines is 1. The van der Waals surface area contributed by atoms with Gasteiger partial charge in [0.15, 0.2) is 5.54 Å². The van der Waals surface area contributed by atoms with E-state index in [0.29, 0.717) is 10.6 Å². The van der Waals surface area contributed by atoms with Gasteiger partial charge in [-0.15, -0.1) is 13.2 Å². The largest absolute Gasteiger partial charge is 0.573 e. The zero-order valence-corrected chi connectivity index (χ0v) is 20.5. The maximum Gasteiger partial charge on any atom is 0.573 e. The van der Waals surface area contributed by atoms with Gasteiger partial charge >= 0.3 is 12.3 Å². The Bertz CT molecular complexity index is 1450. The number of hydrogen-bond acceptors (Lipinski definition) is 5. The van der Waals surface area contributed by atoms with Crippen LogP contribution < -0.4 is 15.0 Å². The summed E-state index contributed by atoms with van der Waals surface area (Å²) >= 11 is 6.24. The molecule has 2 aliphatic rings. The molecular weight excluding hydrogens is 525 g/mol. The van der Waals surface area contributed by atoms with Crippen LogP contribution in [0.2, 0.25) is 5.02 Å². The molecular formula is C27H20ClF3N2O5. The highest BCUT2D eigenvalue weighted by Gasteiger charge is 2.69. The number of alkyl halides is 3. The number of nitrogens with one attached hydrogen (secondary N) is 1. The van der Waals surface area contributed by atoms with Crippen LogP contribution in [0.5, 0.6) is 5.75 Å². The SMILES string of the molecule is Cc1ccc(N2C(=O)C3C(c4cccc(OC(F)(F)F)c4)NC(C(=O)O)(c4ccccc4)C3C2=O)cc1Cl. The van der Waals surface area contributed by atoms with Gasteiger partial charge in [-0.25, -0.2) is 9.69 Å². The van der Waals surface area contributed by atoms with Crippen LogP contribution in [0.15, 0.2) is 72.8 Å². The van der Waals surface area contributed by atoms with Crippen LogP contribution in [0.3, 0.4) is 0 Å². The number of aliphatic carboxylic acids is 1. The Morgan fingerprint density at radius 2 is 1.74 bits per heavy atom. The standard InChI is InChI=1S/C27H20ClF3N2O5/c1-14-10-11-17(13-19(14)28)33-23(34)20-21(24(33)35)26(25(36)37,16-7-3-2-4-8-16)32-22(20)15-6-5-9-18(12-15)38-27(29,30)31/h2-13,20-22,32H,1H3,(H,36,37). The zero-order chi connectivity index (χ0) is 27.4. The van der Waals surface area contributed by atoms with E-state index in [1.54, 1.807) is 31.2 Å². The van der Waals surface area contributed by atoms with Crippen LogP contribution in [0.4, 0.5) is 18.9 Å². The van der Waals surface area contributed by atoms with Gasteiger partial charge in [0.05, 0.1) is 17.5 Å². The Morgan fingerprint density at radius 3 is 2.37 bits per heavy atom. The molecule has 2 heterocycles. The number of imide groups is 1. The second-order valence-corrected chi connectivity index (χ2v) is 9.58. The van der Waals surface area contributed by atoms with Crippen molar-refractivity contribution >= 4 is 35.1 Å². The van der Waals surface area contributed by atoms with Gasteiger partial charge in [0.25, 0.3) is 0 Å². The minimum Gasteiger partial charge on any atom is -0.480 e. The third kappa shape index (κ3) is 4.10. The van der Waals surface area contributed by atoms with Crippen LogP contribution in [0, 0.1) is 18.8 Å². The van der Waals surface area contributed by atoms with Crippen molar-refractivity contribution in [1.29, 1.82) is 0 Å². The quantitative estimate of drug-likeness (QED) is 0.440. The fraction of sp³-hybridized carbons (Fsp3) is 0.222. The molecule has 0 radical (unpaired) electrons. The lowest BCUT2D eigenvalue weighted by Crippen LogP contribution is -2.53. The number of amides is 2. The van der Waals surface area contributed by atoms with E-state index >= 15 is 0 Å². The van der Waals surface area contributed by atoms with Crippen molar-refractivity contribution in [2.45, 2.75) is 24.9 Å². The lowest BCUT2D eigenvalue weighted by atomic mass is 9.75. The molecule has 0 aromatic heterocycles. The average Bonchev–Trinajstić information content (AvgIpc) is 3.35. The van der Waals surface area contributed by atoms with Gasteiger partial charge in [-0.3, -0.25) is 14.9 Å². The Balaban J connectivity index is 1.68. The monoisotopic (exact) mass is 544 g/mol. The van der Waals surface area contributed by atoms with Gasteiger partial charge in [0, 0.05) is 11.1 Å². The predicted octanol–water partition coefficient (Wildman–Crippen LogP) is 4.98. The number of fused-ring (bicyclic) bond motifs is 1. The van der Waals surface area contributed by atoms with E-state index in [2.05, 4.69) is 10.1 Å². The third-order valence-electron chi connectivity index (χ3n) is 6.99. The maximum atomic E-state index is 13.9. The van der Waals surface area contributed by atoms with E-state index in [1.807, 2.05) is 0 Å². The maximum absolute atomic E-state index is 13.9. The molecule has 4 unspecified atom stereocenters. The smallest absolute Gasteiger partial charge is 0.480 e. The molecule has 3 aromatic rings. The zero-order valence-electron chi connectivity index (χ0n) is 19.7. The highest BCUT2D eigenvalue weighted by molar-refractivity contribution is 6.32. The molecule has 38 heavy (non-hydrogen) atoms. The molecule has 2 saturated heterocycles. The number of hydrogen-bond donors (Lipinski definition) is 2. The van der Waals surface area contributed by atoms with Gasteiger partial charge in [-0.1, -0.05) is 60.1 Å². The second-order valence-electron chi connectivity index (χ2n) is 9.17. The fourth-order valence-electron chi connectivity index (χ4n) is 5.36. The van der Waals surface area contributed by atoms with Gasteiger partial charge in [0.2, 0.25) is 11.8 Å². The van der Waals surface area contributed by atoms with Crippen molar-refractivity contribution in [3.63, 3.8) is 0 Å². The van der Waals surface area contributed by atoms with Crippen molar-refractivity contribution in [2.75, 3.05) is 4.90 Å². The van der Waals surface area contributed by atoms with Crippen LogP contribution >= 0.6 is 11.6 Å².